The van der Waals surface area contributed by atoms with Crippen molar-refractivity contribution in [3.63, 3.8) is 0 Å². The summed E-state index contributed by atoms with van der Waals surface area (Å²) in [7, 11) is 0. The SMILES string of the molecule is CC1CNCC2(CCN(C(=O)O)CC2)O1. The Labute approximate surface area is 89.4 Å². The van der Waals surface area contributed by atoms with E-state index in [1.807, 2.05) is 0 Å². The van der Waals surface area contributed by atoms with E-state index < -0.39 is 6.09 Å². The molecule has 2 fully saturated rings. The molecule has 2 heterocycles. The van der Waals surface area contributed by atoms with Gasteiger partial charge in [-0.1, -0.05) is 0 Å². The zero-order valence-electron chi connectivity index (χ0n) is 9.03. The maximum atomic E-state index is 10.8. The molecular formula is C10H18N2O3. The molecule has 0 radical (unpaired) electrons. The molecule has 0 aromatic rings. The van der Waals surface area contributed by atoms with Crippen LogP contribution < -0.4 is 5.32 Å². The van der Waals surface area contributed by atoms with Gasteiger partial charge < -0.3 is 20.1 Å². The van der Waals surface area contributed by atoms with Gasteiger partial charge in [-0.2, -0.15) is 0 Å². The summed E-state index contributed by atoms with van der Waals surface area (Å²) >= 11 is 0. The topological polar surface area (TPSA) is 61.8 Å². The van der Waals surface area contributed by atoms with Crippen LogP contribution in [0.2, 0.25) is 0 Å². The first-order valence-electron chi connectivity index (χ1n) is 5.48. The number of piperidine rings is 1. The van der Waals surface area contributed by atoms with Gasteiger partial charge in [0, 0.05) is 26.2 Å². The number of likely N-dealkylation sites (tertiary alicyclic amines) is 1. The molecule has 5 heteroatoms. The Morgan fingerprint density at radius 1 is 1.53 bits per heavy atom. The number of rotatable bonds is 0. The van der Waals surface area contributed by atoms with Crippen molar-refractivity contribution in [2.45, 2.75) is 31.5 Å². The molecule has 0 bridgehead atoms. The van der Waals surface area contributed by atoms with Crippen LogP contribution in [0.4, 0.5) is 4.79 Å². The molecule has 0 aromatic carbocycles. The van der Waals surface area contributed by atoms with E-state index in [0.29, 0.717) is 13.1 Å². The Bertz CT molecular complexity index is 249. The van der Waals surface area contributed by atoms with E-state index in [2.05, 4.69) is 12.2 Å². The minimum Gasteiger partial charge on any atom is -0.465 e. The number of carbonyl (C=O) groups is 1. The quantitative estimate of drug-likeness (QED) is 0.616. The average molecular weight is 214 g/mol. The van der Waals surface area contributed by atoms with E-state index in [1.165, 1.54) is 4.90 Å². The Hall–Kier alpha value is -0.810. The van der Waals surface area contributed by atoms with E-state index in [9.17, 15) is 4.79 Å². The summed E-state index contributed by atoms with van der Waals surface area (Å²) in [4.78, 5) is 12.2. The van der Waals surface area contributed by atoms with Gasteiger partial charge in [0.1, 0.15) is 0 Å². The van der Waals surface area contributed by atoms with E-state index in [4.69, 9.17) is 9.84 Å². The summed E-state index contributed by atoms with van der Waals surface area (Å²) in [6.07, 6.45) is 1.02. The minimum atomic E-state index is -0.818. The number of carboxylic acid groups (broad SMARTS) is 1. The number of nitrogens with one attached hydrogen (secondary N) is 1. The van der Waals surface area contributed by atoms with Gasteiger partial charge in [-0.25, -0.2) is 4.79 Å². The number of ether oxygens (including phenoxy) is 1. The minimum absolute atomic E-state index is 0.121. The molecule has 1 atom stereocenters. The van der Waals surface area contributed by atoms with Crippen LogP contribution in [-0.2, 0) is 4.74 Å². The van der Waals surface area contributed by atoms with Gasteiger partial charge in [-0.3, -0.25) is 0 Å². The number of nitrogens with zero attached hydrogens (tertiary/aromatic N) is 1. The molecule has 2 rings (SSSR count). The molecule has 0 aromatic heterocycles. The molecule has 15 heavy (non-hydrogen) atoms. The lowest BCUT2D eigenvalue weighted by atomic mass is 9.89. The van der Waals surface area contributed by atoms with Crippen molar-refractivity contribution in [1.82, 2.24) is 10.2 Å². The van der Waals surface area contributed by atoms with Crippen LogP contribution in [0.1, 0.15) is 19.8 Å². The third-order valence-corrected chi connectivity index (χ3v) is 3.28. The predicted molar refractivity (Wildman–Crippen MR) is 55.0 cm³/mol. The highest BCUT2D eigenvalue weighted by atomic mass is 16.5. The Kier molecular flexibility index (Phi) is 2.84. The lowest BCUT2D eigenvalue weighted by Crippen LogP contribution is -2.58. The monoisotopic (exact) mass is 214 g/mol. The Morgan fingerprint density at radius 3 is 2.73 bits per heavy atom. The third kappa shape index (κ3) is 2.23. The Balaban J connectivity index is 1.93. The third-order valence-electron chi connectivity index (χ3n) is 3.28. The first kappa shape index (κ1) is 10.7. The molecule has 2 aliphatic heterocycles. The van der Waals surface area contributed by atoms with Crippen LogP contribution in [-0.4, -0.2) is 54.0 Å². The number of hydrogen-bond acceptors (Lipinski definition) is 3. The summed E-state index contributed by atoms with van der Waals surface area (Å²) in [6, 6.07) is 0. The number of morpholine rings is 1. The lowest BCUT2D eigenvalue weighted by Gasteiger charge is -2.45. The van der Waals surface area contributed by atoms with Crippen LogP contribution in [0.15, 0.2) is 0 Å². The second kappa shape index (κ2) is 3.98. The molecule has 0 aliphatic carbocycles. The van der Waals surface area contributed by atoms with Gasteiger partial charge in [0.05, 0.1) is 11.7 Å². The summed E-state index contributed by atoms with van der Waals surface area (Å²) in [5, 5.41) is 12.2. The van der Waals surface area contributed by atoms with Crippen LogP contribution in [0.5, 0.6) is 0 Å². The van der Waals surface area contributed by atoms with Crippen molar-refractivity contribution in [2.75, 3.05) is 26.2 Å². The smallest absolute Gasteiger partial charge is 0.407 e. The fourth-order valence-corrected chi connectivity index (χ4v) is 2.41. The highest BCUT2D eigenvalue weighted by Gasteiger charge is 2.39. The molecular weight excluding hydrogens is 196 g/mol. The van der Waals surface area contributed by atoms with Gasteiger partial charge in [0.2, 0.25) is 0 Å². The van der Waals surface area contributed by atoms with Crippen molar-refractivity contribution < 1.29 is 14.6 Å². The molecule has 5 nitrogen and oxygen atoms in total. The molecule has 2 aliphatic rings. The summed E-state index contributed by atoms with van der Waals surface area (Å²) in [5.74, 6) is 0. The highest BCUT2D eigenvalue weighted by molar-refractivity contribution is 5.65. The summed E-state index contributed by atoms with van der Waals surface area (Å²) < 4.78 is 5.96. The molecule has 1 amide bonds. The normalized spacial score (nSPS) is 30.5. The lowest BCUT2D eigenvalue weighted by molar-refractivity contribution is -0.132. The molecule has 1 spiro atoms. The van der Waals surface area contributed by atoms with Gasteiger partial charge >= 0.3 is 6.09 Å². The largest absolute Gasteiger partial charge is 0.465 e. The highest BCUT2D eigenvalue weighted by Crippen LogP contribution is 2.29. The van der Waals surface area contributed by atoms with Gasteiger partial charge in [-0.15, -0.1) is 0 Å². The van der Waals surface area contributed by atoms with Crippen molar-refractivity contribution >= 4 is 6.09 Å². The van der Waals surface area contributed by atoms with Crippen LogP contribution in [0, 0.1) is 0 Å². The van der Waals surface area contributed by atoms with Crippen LogP contribution >= 0.6 is 0 Å². The molecule has 2 saturated heterocycles. The molecule has 86 valence electrons. The number of hydrogen-bond donors (Lipinski definition) is 2. The summed E-state index contributed by atoms with van der Waals surface area (Å²) in [6.45, 7) is 4.97. The first-order chi connectivity index (χ1) is 7.11. The van der Waals surface area contributed by atoms with Gasteiger partial charge in [0.25, 0.3) is 0 Å². The summed E-state index contributed by atoms with van der Waals surface area (Å²) in [5.41, 5.74) is -0.121. The van der Waals surface area contributed by atoms with Crippen LogP contribution in [0.3, 0.4) is 0 Å². The number of amides is 1. The maximum Gasteiger partial charge on any atom is 0.407 e. The second-order valence-electron chi connectivity index (χ2n) is 4.51. The van der Waals surface area contributed by atoms with Crippen LogP contribution in [0.25, 0.3) is 0 Å². The fourth-order valence-electron chi connectivity index (χ4n) is 2.41. The fraction of sp³-hybridized carbons (Fsp3) is 0.900. The van der Waals surface area contributed by atoms with E-state index in [1.54, 1.807) is 0 Å². The molecule has 1 unspecified atom stereocenters. The molecule has 0 saturated carbocycles. The van der Waals surface area contributed by atoms with Gasteiger partial charge in [-0.05, 0) is 19.8 Å². The zero-order chi connectivity index (χ0) is 10.9. The van der Waals surface area contributed by atoms with Gasteiger partial charge in [0.15, 0.2) is 0 Å². The van der Waals surface area contributed by atoms with Crippen molar-refractivity contribution in [2.24, 2.45) is 0 Å². The van der Waals surface area contributed by atoms with Crippen molar-refractivity contribution in [1.29, 1.82) is 0 Å². The van der Waals surface area contributed by atoms with E-state index >= 15 is 0 Å². The van der Waals surface area contributed by atoms with Crippen molar-refractivity contribution in [3.05, 3.63) is 0 Å². The average Bonchev–Trinajstić information content (AvgIpc) is 2.18. The van der Waals surface area contributed by atoms with Crippen molar-refractivity contribution in [3.8, 4) is 0 Å². The van der Waals surface area contributed by atoms with E-state index in [-0.39, 0.29) is 11.7 Å². The maximum absolute atomic E-state index is 10.8. The second-order valence-corrected chi connectivity index (χ2v) is 4.51. The van der Waals surface area contributed by atoms with E-state index in [0.717, 1.165) is 25.9 Å². The first-order valence-corrected chi connectivity index (χ1v) is 5.48. The molecule has 2 N–H and O–H groups in total. The zero-order valence-corrected chi connectivity index (χ0v) is 9.03. The standard InChI is InChI=1S/C10H18N2O3/c1-8-6-11-7-10(15-8)2-4-12(5-3-10)9(13)14/h8,11H,2-7H2,1H3,(H,13,14). The predicted octanol–water partition coefficient (Wildman–Crippen LogP) is 0.507. The Morgan fingerprint density at radius 2 is 2.20 bits per heavy atom.